The Hall–Kier alpha value is -0.980. The molecule has 1 aromatic heterocycles. The first kappa shape index (κ1) is 13.5. The molecule has 1 unspecified atom stereocenters. The SMILES string of the molecule is CCN(CC1CCCO1)C(=O)c1csc(CN)n1. The van der Waals surface area contributed by atoms with Gasteiger partial charge in [0, 0.05) is 31.6 Å². The van der Waals surface area contributed by atoms with Gasteiger partial charge >= 0.3 is 0 Å². The molecule has 1 atom stereocenters. The number of hydrogen-bond acceptors (Lipinski definition) is 5. The van der Waals surface area contributed by atoms with Crippen molar-refractivity contribution < 1.29 is 9.53 Å². The molecule has 0 radical (unpaired) electrons. The second kappa shape index (κ2) is 6.26. The highest BCUT2D eigenvalue weighted by atomic mass is 32.1. The fraction of sp³-hybridized carbons (Fsp3) is 0.667. The predicted molar refractivity (Wildman–Crippen MR) is 70.6 cm³/mol. The monoisotopic (exact) mass is 269 g/mol. The average molecular weight is 269 g/mol. The Balaban J connectivity index is 1.99. The third kappa shape index (κ3) is 3.07. The van der Waals surface area contributed by atoms with Crippen molar-refractivity contribution in [3.8, 4) is 0 Å². The normalized spacial score (nSPS) is 19.1. The van der Waals surface area contributed by atoms with Crippen molar-refractivity contribution in [3.63, 3.8) is 0 Å². The van der Waals surface area contributed by atoms with Crippen LogP contribution in [0.4, 0.5) is 0 Å². The second-order valence-corrected chi connectivity index (χ2v) is 5.25. The van der Waals surface area contributed by atoms with Gasteiger partial charge in [0.2, 0.25) is 0 Å². The third-order valence-electron chi connectivity index (χ3n) is 3.06. The number of rotatable bonds is 5. The molecule has 1 aliphatic heterocycles. The molecule has 2 N–H and O–H groups in total. The van der Waals surface area contributed by atoms with Gasteiger partial charge in [0.05, 0.1) is 6.10 Å². The van der Waals surface area contributed by atoms with E-state index in [0.717, 1.165) is 24.5 Å². The van der Waals surface area contributed by atoms with Crippen LogP contribution in [-0.2, 0) is 11.3 Å². The molecule has 100 valence electrons. The summed E-state index contributed by atoms with van der Waals surface area (Å²) in [5.41, 5.74) is 6.01. The summed E-state index contributed by atoms with van der Waals surface area (Å²) in [6.07, 6.45) is 2.31. The Labute approximate surface area is 111 Å². The van der Waals surface area contributed by atoms with Crippen LogP contribution in [0.3, 0.4) is 0 Å². The van der Waals surface area contributed by atoms with Crippen molar-refractivity contribution in [2.75, 3.05) is 19.7 Å². The van der Waals surface area contributed by atoms with E-state index in [0.29, 0.717) is 25.3 Å². The highest BCUT2D eigenvalue weighted by Crippen LogP contribution is 2.16. The molecule has 18 heavy (non-hydrogen) atoms. The molecule has 0 spiro atoms. The summed E-state index contributed by atoms with van der Waals surface area (Å²) in [4.78, 5) is 18.3. The van der Waals surface area contributed by atoms with Gasteiger partial charge < -0.3 is 15.4 Å². The van der Waals surface area contributed by atoms with Crippen molar-refractivity contribution in [2.24, 2.45) is 5.73 Å². The molecule has 1 aliphatic rings. The first-order valence-corrected chi connectivity index (χ1v) is 7.18. The summed E-state index contributed by atoms with van der Waals surface area (Å²) in [7, 11) is 0. The van der Waals surface area contributed by atoms with Crippen molar-refractivity contribution in [1.82, 2.24) is 9.88 Å². The average Bonchev–Trinajstić information content (AvgIpc) is 3.06. The van der Waals surface area contributed by atoms with Gasteiger partial charge in [0.25, 0.3) is 5.91 Å². The Kier molecular flexibility index (Phi) is 4.68. The highest BCUT2D eigenvalue weighted by molar-refractivity contribution is 7.09. The van der Waals surface area contributed by atoms with E-state index >= 15 is 0 Å². The van der Waals surface area contributed by atoms with Gasteiger partial charge in [-0.3, -0.25) is 4.79 Å². The van der Waals surface area contributed by atoms with Crippen molar-refractivity contribution in [2.45, 2.75) is 32.4 Å². The Bertz CT molecular complexity index is 402. The molecule has 0 bridgehead atoms. The maximum Gasteiger partial charge on any atom is 0.273 e. The van der Waals surface area contributed by atoms with Crippen LogP contribution in [0.25, 0.3) is 0 Å². The van der Waals surface area contributed by atoms with Crippen LogP contribution in [0, 0.1) is 0 Å². The summed E-state index contributed by atoms with van der Waals surface area (Å²) < 4.78 is 5.57. The van der Waals surface area contributed by atoms with Gasteiger partial charge in [-0.1, -0.05) is 0 Å². The van der Waals surface area contributed by atoms with Crippen LogP contribution in [0.15, 0.2) is 5.38 Å². The van der Waals surface area contributed by atoms with E-state index in [2.05, 4.69) is 4.98 Å². The van der Waals surface area contributed by atoms with Gasteiger partial charge in [0.15, 0.2) is 0 Å². The topological polar surface area (TPSA) is 68.5 Å². The number of amides is 1. The molecular formula is C12H19N3O2S. The molecule has 0 aliphatic carbocycles. The molecule has 2 rings (SSSR count). The Morgan fingerprint density at radius 3 is 3.11 bits per heavy atom. The van der Waals surface area contributed by atoms with E-state index < -0.39 is 0 Å². The minimum atomic E-state index is -0.0241. The molecule has 1 amide bonds. The zero-order valence-corrected chi connectivity index (χ0v) is 11.4. The molecule has 1 saturated heterocycles. The smallest absolute Gasteiger partial charge is 0.273 e. The van der Waals surface area contributed by atoms with Crippen LogP contribution >= 0.6 is 11.3 Å². The lowest BCUT2D eigenvalue weighted by Crippen LogP contribution is -2.37. The number of hydrogen-bond donors (Lipinski definition) is 1. The fourth-order valence-electron chi connectivity index (χ4n) is 2.05. The van der Waals surface area contributed by atoms with E-state index in [1.807, 2.05) is 6.92 Å². The number of nitrogens with two attached hydrogens (primary N) is 1. The molecule has 2 heterocycles. The van der Waals surface area contributed by atoms with Crippen molar-refractivity contribution in [1.29, 1.82) is 0 Å². The first-order chi connectivity index (χ1) is 8.74. The first-order valence-electron chi connectivity index (χ1n) is 6.30. The van der Waals surface area contributed by atoms with Gasteiger partial charge in [-0.2, -0.15) is 0 Å². The van der Waals surface area contributed by atoms with Gasteiger partial charge in [0.1, 0.15) is 10.7 Å². The fourth-order valence-corrected chi connectivity index (χ4v) is 2.70. The standard InChI is InChI=1S/C12H19N3O2S/c1-2-15(7-9-4-3-5-17-9)12(16)10-8-18-11(6-13)14-10/h8-9H,2-7,13H2,1H3. The largest absolute Gasteiger partial charge is 0.376 e. The Morgan fingerprint density at radius 1 is 1.72 bits per heavy atom. The number of aromatic nitrogens is 1. The third-order valence-corrected chi connectivity index (χ3v) is 3.93. The van der Waals surface area contributed by atoms with E-state index in [-0.39, 0.29) is 12.0 Å². The molecule has 0 aromatic carbocycles. The van der Waals surface area contributed by atoms with Crippen LogP contribution < -0.4 is 5.73 Å². The van der Waals surface area contributed by atoms with E-state index in [1.54, 1.807) is 10.3 Å². The zero-order valence-electron chi connectivity index (χ0n) is 10.6. The molecule has 6 heteroatoms. The van der Waals surface area contributed by atoms with Crippen molar-refractivity contribution >= 4 is 17.2 Å². The van der Waals surface area contributed by atoms with Crippen LogP contribution in [0.5, 0.6) is 0 Å². The number of nitrogens with zero attached hydrogens (tertiary/aromatic N) is 2. The summed E-state index contributed by atoms with van der Waals surface area (Å²) in [6.45, 7) is 4.50. The van der Waals surface area contributed by atoms with Crippen LogP contribution in [0.1, 0.15) is 35.3 Å². The quantitative estimate of drug-likeness (QED) is 0.873. The molecule has 5 nitrogen and oxygen atoms in total. The number of thiazole rings is 1. The molecular weight excluding hydrogens is 250 g/mol. The lowest BCUT2D eigenvalue weighted by atomic mass is 10.2. The summed E-state index contributed by atoms with van der Waals surface area (Å²) >= 11 is 1.43. The summed E-state index contributed by atoms with van der Waals surface area (Å²) in [6, 6.07) is 0. The predicted octanol–water partition coefficient (Wildman–Crippen LogP) is 1.24. The maximum absolute atomic E-state index is 12.3. The van der Waals surface area contributed by atoms with E-state index in [4.69, 9.17) is 10.5 Å². The van der Waals surface area contributed by atoms with Crippen molar-refractivity contribution in [3.05, 3.63) is 16.1 Å². The number of carbonyl (C=O) groups is 1. The second-order valence-electron chi connectivity index (χ2n) is 4.31. The van der Waals surface area contributed by atoms with E-state index in [1.165, 1.54) is 11.3 Å². The molecule has 1 aromatic rings. The van der Waals surface area contributed by atoms with Gasteiger partial charge in [-0.15, -0.1) is 11.3 Å². The lowest BCUT2D eigenvalue weighted by Gasteiger charge is -2.23. The highest BCUT2D eigenvalue weighted by Gasteiger charge is 2.23. The maximum atomic E-state index is 12.3. The van der Waals surface area contributed by atoms with Gasteiger partial charge in [-0.25, -0.2) is 4.98 Å². The van der Waals surface area contributed by atoms with E-state index in [9.17, 15) is 4.79 Å². The summed E-state index contributed by atoms with van der Waals surface area (Å²) in [5, 5.41) is 2.58. The number of carbonyl (C=O) groups excluding carboxylic acids is 1. The lowest BCUT2D eigenvalue weighted by molar-refractivity contribution is 0.0535. The number of likely N-dealkylation sites (N-methyl/N-ethyl adjacent to an activating group) is 1. The zero-order chi connectivity index (χ0) is 13.0. The van der Waals surface area contributed by atoms with Gasteiger partial charge in [-0.05, 0) is 19.8 Å². The molecule has 0 saturated carbocycles. The van der Waals surface area contributed by atoms with Crippen LogP contribution in [-0.4, -0.2) is 41.6 Å². The Morgan fingerprint density at radius 2 is 2.56 bits per heavy atom. The summed E-state index contributed by atoms with van der Waals surface area (Å²) in [5.74, 6) is -0.0241. The minimum Gasteiger partial charge on any atom is -0.376 e. The molecule has 1 fully saturated rings. The van der Waals surface area contributed by atoms with Crippen LogP contribution in [0.2, 0.25) is 0 Å². The number of ether oxygens (including phenoxy) is 1. The minimum absolute atomic E-state index is 0.0241.